The zero-order valence-corrected chi connectivity index (χ0v) is 10.4. The third-order valence-electron chi connectivity index (χ3n) is 2.54. The molecule has 0 radical (unpaired) electrons. The van der Waals surface area contributed by atoms with Crippen LogP contribution in [0.4, 0.5) is 4.79 Å². The lowest BCUT2D eigenvalue weighted by Gasteiger charge is -2.14. The van der Waals surface area contributed by atoms with Crippen LogP contribution in [0.5, 0.6) is 0 Å². The molecule has 0 aromatic carbocycles. The Morgan fingerprint density at radius 3 is 2.71 bits per heavy atom. The predicted molar refractivity (Wildman–Crippen MR) is 60.4 cm³/mol. The first-order valence-corrected chi connectivity index (χ1v) is 7.10. The number of carboxylic acids is 1. The highest BCUT2D eigenvalue weighted by Gasteiger charge is 2.24. The zero-order valence-electron chi connectivity index (χ0n) is 9.55. The molecule has 1 rings (SSSR count). The number of carboxylic acid groups (broad SMARTS) is 1. The van der Waals surface area contributed by atoms with Crippen LogP contribution in [0, 0.1) is 5.92 Å². The maximum atomic E-state index is 11.6. The van der Waals surface area contributed by atoms with Crippen molar-refractivity contribution in [2.24, 2.45) is 5.92 Å². The van der Waals surface area contributed by atoms with Crippen LogP contribution in [0.2, 0.25) is 0 Å². The van der Waals surface area contributed by atoms with Gasteiger partial charge in [-0.1, -0.05) is 6.92 Å². The van der Waals surface area contributed by atoms with Crippen LogP contribution < -0.4 is 5.32 Å². The summed E-state index contributed by atoms with van der Waals surface area (Å²) in [6.45, 7) is 2.47. The Morgan fingerprint density at radius 2 is 2.24 bits per heavy atom. The number of hydrogen-bond donors (Lipinski definition) is 2. The summed E-state index contributed by atoms with van der Waals surface area (Å²) in [5, 5.41) is 11.2. The molecule has 0 bridgehead atoms. The fourth-order valence-corrected chi connectivity index (χ4v) is 3.08. The Labute approximate surface area is 99.7 Å². The number of hydrogen-bond acceptors (Lipinski definition) is 4. The van der Waals surface area contributed by atoms with Crippen molar-refractivity contribution in [1.29, 1.82) is 0 Å². The molecule has 7 nitrogen and oxygen atoms in total. The quantitative estimate of drug-likeness (QED) is 0.650. The molecule has 1 atom stereocenters. The van der Waals surface area contributed by atoms with Gasteiger partial charge in [0.15, 0.2) is 9.84 Å². The van der Waals surface area contributed by atoms with Crippen molar-refractivity contribution in [1.82, 2.24) is 10.2 Å². The summed E-state index contributed by atoms with van der Waals surface area (Å²) in [6.07, 6.45) is 0. The number of carbonyl (C=O) groups is 2. The SMILES string of the molecule is CC(CS(=O)(=O)CCN1CCNC1=O)C(=O)O. The van der Waals surface area contributed by atoms with E-state index in [1.54, 1.807) is 0 Å². The van der Waals surface area contributed by atoms with E-state index in [9.17, 15) is 18.0 Å². The van der Waals surface area contributed by atoms with Crippen molar-refractivity contribution >= 4 is 21.8 Å². The molecule has 0 aliphatic carbocycles. The highest BCUT2D eigenvalue weighted by molar-refractivity contribution is 7.91. The summed E-state index contributed by atoms with van der Waals surface area (Å²) in [4.78, 5) is 23.1. The molecular weight excluding hydrogens is 248 g/mol. The lowest BCUT2D eigenvalue weighted by molar-refractivity contribution is -0.140. The van der Waals surface area contributed by atoms with Gasteiger partial charge in [0.1, 0.15) is 0 Å². The number of sulfone groups is 1. The molecular formula is C9H16N2O5S. The molecule has 0 aromatic rings. The fraction of sp³-hybridized carbons (Fsp3) is 0.778. The summed E-state index contributed by atoms with van der Waals surface area (Å²) in [5.74, 6) is -2.64. The summed E-state index contributed by atoms with van der Waals surface area (Å²) in [5.41, 5.74) is 0. The molecule has 0 aromatic heterocycles. The van der Waals surface area contributed by atoms with Gasteiger partial charge in [-0.05, 0) is 0 Å². The van der Waals surface area contributed by atoms with Crippen LogP contribution in [-0.4, -0.2) is 61.6 Å². The summed E-state index contributed by atoms with van der Waals surface area (Å²) in [7, 11) is -3.44. The van der Waals surface area contributed by atoms with Gasteiger partial charge in [-0.15, -0.1) is 0 Å². The highest BCUT2D eigenvalue weighted by Crippen LogP contribution is 2.04. The Balaban J connectivity index is 2.44. The van der Waals surface area contributed by atoms with E-state index < -0.39 is 27.5 Å². The predicted octanol–water partition coefficient (Wildman–Crippen LogP) is -0.853. The first-order chi connectivity index (χ1) is 7.82. The normalized spacial score (nSPS) is 17.9. The molecule has 98 valence electrons. The zero-order chi connectivity index (χ0) is 13.1. The highest BCUT2D eigenvalue weighted by atomic mass is 32.2. The number of urea groups is 1. The van der Waals surface area contributed by atoms with Crippen LogP contribution in [0.15, 0.2) is 0 Å². The molecule has 8 heteroatoms. The van der Waals surface area contributed by atoms with E-state index in [0.717, 1.165) is 0 Å². The van der Waals surface area contributed by atoms with Gasteiger partial charge in [0, 0.05) is 19.6 Å². The monoisotopic (exact) mass is 264 g/mol. The van der Waals surface area contributed by atoms with Crippen molar-refractivity contribution in [2.45, 2.75) is 6.92 Å². The third-order valence-corrected chi connectivity index (χ3v) is 4.36. The van der Waals surface area contributed by atoms with E-state index in [-0.39, 0.29) is 18.3 Å². The Morgan fingerprint density at radius 1 is 1.59 bits per heavy atom. The second-order valence-corrected chi connectivity index (χ2v) is 6.30. The maximum absolute atomic E-state index is 11.6. The number of carbonyl (C=O) groups excluding carboxylic acids is 1. The van der Waals surface area contributed by atoms with Gasteiger partial charge in [0.05, 0.1) is 17.4 Å². The molecule has 1 aliphatic rings. The van der Waals surface area contributed by atoms with Crippen molar-refractivity contribution in [3.8, 4) is 0 Å². The average molecular weight is 264 g/mol. The van der Waals surface area contributed by atoms with Crippen LogP contribution in [0.1, 0.15) is 6.92 Å². The second-order valence-electron chi connectivity index (χ2n) is 4.07. The Hall–Kier alpha value is -1.31. The van der Waals surface area contributed by atoms with E-state index in [1.807, 2.05) is 0 Å². The van der Waals surface area contributed by atoms with Crippen molar-refractivity contribution in [3.63, 3.8) is 0 Å². The minimum Gasteiger partial charge on any atom is -0.481 e. The molecule has 1 unspecified atom stereocenters. The molecule has 2 N–H and O–H groups in total. The minimum absolute atomic E-state index is 0.112. The van der Waals surface area contributed by atoms with Gasteiger partial charge < -0.3 is 15.3 Å². The number of nitrogens with one attached hydrogen (secondary N) is 1. The molecule has 1 fully saturated rings. The van der Waals surface area contributed by atoms with Crippen LogP contribution >= 0.6 is 0 Å². The molecule has 1 heterocycles. The van der Waals surface area contributed by atoms with E-state index in [2.05, 4.69) is 5.32 Å². The topological polar surface area (TPSA) is 104 Å². The third kappa shape index (κ3) is 4.22. The van der Waals surface area contributed by atoms with E-state index in [4.69, 9.17) is 5.11 Å². The van der Waals surface area contributed by atoms with Gasteiger partial charge in [-0.25, -0.2) is 13.2 Å². The fourth-order valence-electron chi connectivity index (χ4n) is 1.51. The van der Waals surface area contributed by atoms with Gasteiger partial charge >= 0.3 is 12.0 Å². The van der Waals surface area contributed by atoms with Gasteiger partial charge in [-0.3, -0.25) is 4.79 Å². The molecule has 17 heavy (non-hydrogen) atoms. The van der Waals surface area contributed by atoms with Gasteiger partial charge in [-0.2, -0.15) is 0 Å². The summed E-state index contributed by atoms with van der Waals surface area (Å²) < 4.78 is 23.2. The van der Waals surface area contributed by atoms with Crippen molar-refractivity contribution < 1.29 is 23.1 Å². The van der Waals surface area contributed by atoms with E-state index in [0.29, 0.717) is 13.1 Å². The lowest BCUT2D eigenvalue weighted by Crippen LogP contribution is -2.34. The van der Waals surface area contributed by atoms with Crippen LogP contribution in [0.3, 0.4) is 0 Å². The number of nitrogens with zero attached hydrogens (tertiary/aromatic N) is 1. The van der Waals surface area contributed by atoms with Gasteiger partial charge in [0.2, 0.25) is 0 Å². The Kier molecular flexibility index (Phi) is 4.33. The van der Waals surface area contributed by atoms with E-state index in [1.165, 1.54) is 11.8 Å². The standard InChI is InChI=1S/C9H16N2O5S/c1-7(8(12)13)6-17(15,16)5-4-11-3-2-10-9(11)14/h7H,2-6H2,1H3,(H,10,14)(H,12,13). The molecule has 0 spiro atoms. The first kappa shape index (κ1) is 13.8. The minimum atomic E-state index is -3.44. The van der Waals surface area contributed by atoms with Crippen LogP contribution in [0.25, 0.3) is 0 Å². The van der Waals surface area contributed by atoms with Crippen molar-refractivity contribution in [2.75, 3.05) is 31.1 Å². The smallest absolute Gasteiger partial charge is 0.317 e. The number of rotatable bonds is 6. The lowest BCUT2D eigenvalue weighted by atomic mass is 10.2. The number of aliphatic carboxylic acids is 1. The summed E-state index contributed by atoms with van der Waals surface area (Å²) >= 11 is 0. The second kappa shape index (κ2) is 5.35. The molecule has 1 aliphatic heterocycles. The Bertz CT molecular complexity index is 406. The summed E-state index contributed by atoms with van der Waals surface area (Å²) in [6, 6.07) is -0.272. The average Bonchev–Trinajstić information content (AvgIpc) is 2.60. The number of amides is 2. The molecule has 2 amide bonds. The van der Waals surface area contributed by atoms with Crippen LogP contribution in [-0.2, 0) is 14.6 Å². The molecule has 0 saturated carbocycles. The van der Waals surface area contributed by atoms with E-state index >= 15 is 0 Å². The molecule has 1 saturated heterocycles. The maximum Gasteiger partial charge on any atom is 0.317 e. The first-order valence-electron chi connectivity index (χ1n) is 5.28. The van der Waals surface area contributed by atoms with Crippen molar-refractivity contribution in [3.05, 3.63) is 0 Å². The van der Waals surface area contributed by atoms with Gasteiger partial charge in [0.25, 0.3) is 0 Å². The largest absolute Gasteiger partial charge is 0.481 e.